The number of piperazine rings is 1. The maximum absolute atomic E-state index is 13.3. The van der Waals surface area contributed by atoms with Crippen molar-refractivity contribution < 1.29 is 4.79 Å². The Morgan fingerprint density at radius 3 is 2.61 bits per heavy atom. The lowest BCUT2D eigenvalue weighted by molar-refractivity contribution is -0.136. The van der Waals surface area contributed by atoms with Crippen molar-refractivity contribution in [3.63, 3.8) is 0 Å². The zero-order chi connectivity index (χ0) is 18.9. The van der Waals surface area contributed by atoms with Gasteiger partial charge < -0.3 is 9.47 Å². The molecular formula is C23H26N4O. The van der Waals surface area contributed by atoms with Gasteiger partial charge in [0, 0.05) is 31.7 Å². The molecule has 0 spiro atoms. The molecule has 2 aromatic carbocycles. The zero-order valence-electron chi connectivity index (χ0n) is 16.1. The molecule has 1 atom stereocenters. The van der Waals surface area contributed by atoms with E-state index in [2.05, 4.69) is 39.0 Å². The lowest BCUT2D eigenvalue weighted by Gasteiger charge is -2.42. The fraction of sp³-hybridized carbons (Fsp3) is 0.391. The minimum Gasteiger partial charge on any atom is -0.335 e. The third-order valence-corrected chi connectivity index (χ3v) is 6.04. The number of carbonyl (C=O) groups excluding carboxylic acids is 1. The predicted octanol–water partition coefficient (Wildman–Crippen LogP) is 2.95. The molecule has 0 radical (unpaired) electrons. The maximum atomic E-state index is 13.3. The Kier molecular flexibility index (Phi) is 4.61. The van der Waals surface area contributed by atoms with Gasteiger partial charge >= 0.3 is 0 Å². The topological polar surface area (TPSA) is 41.4 Å². The van der Waals surface area contributed by atoms with Gasteiger partial charge in [-0.2, -0.15) is 0 Å². The molecule has 0 bridgehead atoms. The number of hydrogen-bond donors (Lipinski definition) is 0. The summed E-state index contributed by atoms with van der Waals surface area (Å²) in [4.78, 5) is 22.4. The molecule has 5 rings (SSSR count). The largest absolute Gasteiger partial charge is 0.335 e. The van der Waals surface area contributed by atoms with Crippen molar-refractivity contribution in [2.45, 2.75) is 37.9 Å². The fourth-order valence-corrected chi connectivity index (χ4v) is 4.41. The number of aromatic nitrogens is 2. The first-order valence-corrected chi connectivity index (χ1v) is 10.3. The quantitative estimate of drug-likeness (QED) is 0.689. The van der Waals surface area contributed by atoms with E-state index >= 15 is 0 Å². The number of para-hydroxylation sites is 2. The van der Waals surface area contributed by atoms with E-state index in [4.69, 9.17) is 0 Å². The Hall–Kier alpha value is -2.66. The van der Waals surface area contributed by atoms with E-state index < -0.39 is 0 Å². The van der Waals surface area contributed by atoms with Crippen LogP contribution in [0.15, 0.2) is 60.9 Å². The summed E-state index contributed by atoms with van der Waals surface area (Å²) in [6.45, 7) is 3.15. The first-order valence-electron chi connectivity index (χ1n) is 10.3. The minimum atomic E-state index is 0.194. The van der Waals surface area contributed by atoms with E-state index in [-0.39, 0.29) is 11.9 Å². The number of hydrogen-bond acceptors (Lipinski definition) is 3. The smallest absolute Gasteiger partial charge is 0.242 e. The monoisotopic (exact) mass is 374 g/mol. The van der Waals surface area contributed by atoms with Gasteiger partial charge in [-0.15, -0.1) is 0 Å². The summed E-state index contributed by atoms with van der Waals surface area (Å²) in [5.74, 6) is 0.194. The third-order valence-electron chi connectivity index (χ3n) is 6.04. The molecule has 2 heterocycles. The first-order chi connectivity index (χ1) is 13.8. The molecule has 3 aromatic rings. The molecule has 2 fully saturated rings. The van der Waals surface area contributed by atoms with E-state index in [0.717, 1.165) is 43.1 Å². The third kappa shape index (κ3) is 3.54. The Bertz CT molecular complexity index is 963. The Morgan fingerprint density at radius 2 is 1.79 bits per heavy atom. The lowest BCUT2D eigenvalue weighted by atomic mass is 10.0. The number of imidazole rings is 1. The van der Waals surface area contributed by atoms with Crippen molar-refractivity contribution in [1.29, 1.82) is 0 Å². The van der Waals surface area contributed by atoms with Crippen molar-refractivity contribution in [2.75, 3.05) is 19.6 Å². The second-order valence-corrected chi connectivity index (χ2v) is 8.02. The molecule has 5 nitrogen and oxygen atoms in total. The number of benzene rings is 2. The van der Waals surface area contributed by atoms with Crippen LogP contribution in [0.1, 0.15) is 18.4 Å². The summed E-state index contributed by atoms with van der Waals surface area (Å²) >= 11 is 0. The number of fused-ring (bicyclic) bond motifs is 1. The molecule has 28 heavy (non-hydrogen) atoms. The highest BCUT2D eigenvalue weighted by Crippen LogP contribution is 2.29. The van der Waals surface area contributed by atoms with Gasteiger partial charge in [-0.1, -0.05) is 42.5 Å². The van der Waals surface area contributed by atoms with Crippen molar-refractivity contribution in [3.8, 4) is 0 Å². The molecule has 144 valence electrons. The van der Waals surface area contributed by atoms with Gasteiger partial charge in [-0.05, 0) is 37.0 Å². The molecule has 1 aliphatic heterocycles. The van der Waals surface area contributed by atoms with Crippen molar-refractivity contribution in [1.82, 2.24) is 19.4 Å². The van der Waals surface area contributed by atoms with Gasteiger partial charge in [0.05, 0.1) is 17.4 Å². The van der Waals surface area contributed by atoms with Crippen LogP contribution in [0.2, 0.25) is 0 Å². The highest BCUT2D eigenvalue weighted by Gasteiger charge is 2.37. The maximum Gasteiger partial charge on any atom is 0.242 e. The summed E-state index contributed by atoms with van der Waals surface area (Å²) in [7, 11) is 0. The van der Waals surface area contributed by atoms with E-state index in [1.54, 1.807) is 6.33 Å². The van der Waals surface area contributed by atoms with Gasteiger partial charge in [0.2, 0.25) is 5.91 Å². The van der Waals surface area contributed by atoms with Crippen LogP contribution < -0.4 is 0 Å². The van der Waals surface area contributed by atoms with E-state index in [9.17, 15) is 4.79 Å². The van der Waals surface area contributed by atoms with E-state index in [1.807, 2.05) is 34.9 Å². The standard InChI is InChI=1S/C23H26N4O/c28-23(16-26-17-24-21-8-4-5-9-22(21)26)27-13-12-25(19-10-11-19)15-20(27)14-18-6-2-1-3-7-18/h1-9,17,19-20H,10-16H2. The summed E-state index contributed by atoms with van der Waals surface area (Å²) in [5, 5.41) is 0. The minimum absolute atomic E-state index is 0.194. The highest BCUT2D eigenvalue weighted by molar-refractivity contribution is 5.81. The summed E-state index contributed by atoms with van der Waals surface area (Å²) in [6, 6.07) is 19.5. The van der Waals surface area contributed by atoms with Crippen LogP contribution in [0.5, 0.6) is 0 Å². The Labute approximate surface area is 165 Å². The second-order valence-electron chi connectivity index (χ2n) is 8.02. The first kappa shape index (κ1) is 17.4. The van der Waals surface area contributed by atoms with Crippen LogP contribution >= 0.6 is 0 Å². The molecule has 0 N–H and O–H groups in total. The van der Waals surface area contributed by atoms with Crippen molar-refractivity contribution in [3.05, 3.63) is 66.5 Å². The van der Waals surface area contributed by atoms with Crippen molar-refractivity contribution in [2.24, 2.45) is 0 Å². The van der Waals surface area contributed by atoms with Gasteiger partial charge in [0.1, 0.15) is 6.54 Å². The molecule has 1 saturated carbocycles. The molecule has 2 aliphatic rings. The van der Waals surface area contributed by atoms with E-state index in [1.165, 1.54) is 18.4 Å². The van der Waals surface area contributed by atoms with Gasteiger partial charge in [-0.25, -0.2) is 4.98 Å². The summed E-state index contributed by atoms with van der Waals surface area (Å²) in [6.07, 6.45) is 5.33. The molecule has 5 heteroatoms. The van der Waals surface area contributed by atoms with Crippen LogP contribution in [0, 0.1) is 0 Å². The molecule has 1 aliphatic carbocycles. The molecule has 1 aromatic heterocycles. The number of amides is 1. The van der Waals surface area contributed by atoms with Crippen LogP contribution in [0.25, 0.3) is 11.0 Å². The number of carbonyl (C=O) groups is 1. The molecule has 1 saturated heterocycles. The predicted molar refractivity (Wildman–Crippen MR) is 110 cm³/mol. The van der Waals surface area contributed by atoms with Crippen molar-refractivity contribution >= 4 is 16.9 Å². The van der Waals surface area contributed by atoms with Crippen LogP contribution in [-0.4, -0.2) is 57.0 Å². The normalized spacial score (nSPS) is 20.6. The summed E-state index contributed by atoms with van der Waals surface area (Å²) < 4.78 is 1.98. The second kappa shape index (κ2) is 7.40. The Balaban J connectivity index is 1.35. The fourth-order valence-electron chi connectivity index (χ4n) is 4.41. The molecule has 1 unspecified atom stereocenters. The van der Waals surface area contributed by atoms with Gasteiger partial charge in [-0.3, -0.25) is 9.69 Å². The Morgan fingerprint density at radius 1 is 1.00 bits per heavy atom. The molecule has 1 amide bonds. The number of nitrogens with zero attached hydrogens (tertiary/aromatic N) is 4. The summed E-state index contributed by atoms with van der Waals surface area (Å²) in [5.41, 5.74) is 3.26. The molecular weight excluding hydrogens is 348 g/mol. The average Bonchev–Trinajstić information content (AvgIpc) is 3.51. The lowest BCUT2D eigenvalue weighted by Crippen LogP contribution is -2.57. The van der Waals surface area contributed by atoms with Gasteiger partial charge in [0.25, 0.3) is 0 Å². The zero-order valence-corrected chi connectivity index (χ0v) is 16.1. The highest BCUT2D eigenvalue weighted by atomic mass is 16.2. The van der Waals surface area contributed by atoms with Gasteiger partial charge in [0.15, 0.2) is 0 Å². The van der Waals surface area contributed by atoms with Crippen LogP contribution in [0.4, 0.5) is 0 Å². The van der Waals surface area contributed by atoms with Crippen LogP contribution in [-0.2, 0) is 17.8 Å². The van der Waals surface area contributed by atoms with Crippen LogP contribution in [0.3, 0.4) is 0 Å². The SMILES string of the molecule is O=C(Cn1cnc2ccccc21)N1CCN(C2CC2)CC1Cc1ccccc1. The van der Waals surface area contributed by atoms with E-state index in [0.29, 0.717) is 6.54 Å². The number of rotatable bonds is 5. The average molecular weight is 374 g/mol.